The number of anilines is 1. The van der Waals surface area contributed by atoms with Gasteiger partial charge in [-0.05, 0) is 49.9 Å². The van der Waals surface area contributed by atoms with Crippen LogP contribution in [0.15, 0.2) is 35.7 Å². The van der Waals surface area contributed by atoms with Gasteiger partial charge in [0, 0.05) is 42.4 Å². The van der Waals surface area contributed by atoms with E-state index in [0.29, 0.717) is 18.8 Å². The second kappa shape index (κ2) is 11.6. The molecule has 1 aromatic carbocycles. The van der Waals surface area contributed by atoms with Crippen molar-refractivity contribution in [2.45, 2.75) is 25.7 Å². The molecule has 0 bridgehead atoms. The molecule has 9 nitrogen and oxygen atoms in total. The van der Waals surface area contributed by atoms with Crippen LogP contribution in [0.3, 0.4) is 0 Å². The number of carbonyl (C=O) groups is 2. The van der Waals surface area contributed by atoms with Gasteiger partial charge in [-0.2, -0.15) is 0 Å². The van der Waals surface area contributed by atoms with Gasteiger partial charge in [0.25, 0.3) is 5.69 Å². The number of nitro groups is 1. The summed E-state index contributed by atoms with van der Waals surface area (Å²) in [5.74, 6) is 0.251. The number of ether oxygens (including phenoxy) is 1. The third-order valence-corrected chi connectivity index (χ3v) is 6.47. The third kappa shape index (κ3) is 6.76. The van der Waals surface area contributed by atoms with E-state index in [9.17, 15) is 19.7 Å². The molecule has 0 saturated carbocycles. The number of methoxy groups -OCH3 is 1. The van der Waals surface area contributed by atoms with Gasteiger partial charge in [0.1, 0.15) is 5.75 Å². The topological polar surface area (TPSA) is 114 Å². The molecule has 0 atom stereocenters. The lowest BCUT2D eigenvalue weighted by molar-refractivity contribution is -0.384. The molecule has 1 saturated heterocycles. The van der Waals surface area contributed by atoms with Crippen molar-refractivity contribution >= 4 is 34.5 Å². The van der Waals surface area contributed by atoms with Gasteiger partial charge in [-0.1, -0.05) is 6.07 Å². The van der Waals surface area contributed by atoms with Crippen molar-refractivity contribution in [1.29, 1.82) is 0 Å². The molecule has 172 valence electrons. The van der Waals surface area contributed by atoms with E-state index in [1.165, 1.54) is 30.2 Å². The van der Waals surface area contributed by atoms with Crippen LogP contribution in [0.5, 0.6) is 5.75 Å². The van der Waals surface area contributed by atoms with Crippen LogP contribution in [-0.2, 0) is 16.0 Å². The molecule has 1 fully saturated rings. The number of carbonyl (C=O) groups excluding carboxylic acids is 2. The smallest absolute Gasteiger partial charge is 0.271 e. The Labute approximate surface area is 190 Å². The molecule has 10 heteroatoms. The molecule has 3 rings (SSSR count). The lowest BCUT2D eigenvalue weighted by Crippen LogP contribution is -2.41. The Morgan fingerprint density at radius 3 is 2.72 bits per heavy atom. The molecule has 0 radical (unpaired) electrons. The zero-order valence-electron chi connectivity index (χ0n) is 18.0. The van der Waals surface area contributed by atoms with Crippen molar-refractivity contribution in [3.05, 3.63) is 50.7 Å². The van der Waals surface area contributed by atoms with Crippen LogP contribution in [0.2, 0.25) is 0 Å². The summed E-state index contributed by atoms with van der Waals surface area (Å²) in [4.78, 5) is 38.6. The molecule has 1 aliphatic rings. The molecule has 1 aliphatic heterocycles. The van der Waals surface area contributed by atoms with E-state index < -0.39 is 4.92 Å². The Kier molecular flexibility index (Phi) is 8.57. The zero-order valence-corrected chi connectivity index (χ0v) is 18.9. The van der Waals surface area contributed by atoms with Crippen LogP contribution < -0.4 is 15.4 Å². The Bertz CT molecular complexity index is 926. The van der Waals surface area contributed by atoms with Gasteiger partial charge in [-0.3, -0.25) is 19.7 Å². The van der Waals surface area contributed by atoms with Gasteiger partial charge >= 0.3 is 0 Å². The molecular formula is C22H28N4O5S. The Morgan fingerprint density at radius 1 is 1.28 bits per heavy atom. The molecule has 2 N–H and O–H groups in total. The SMILES string of the molecule is COc1ccc([N+](=O)[O-])cc1NC(=O)CCN1CCC(C(=O)NCCc2cccs2)CC1. The molecule has 0 unspecified atom stereocenters. The summed E-state index contributed by atoms with van der Waals surface area (Å²) in [6.45, 7) is 2.74. The number of hydrogen-bond donors (Lipinski definition) is 2. The van der Waals surface area contributed by atoms with Crippen LogP contribution in [-0.4, -0.2) is 54.9 Å². The van der Waals surface area contributed by atoms with Crippen LogP contribution in [0.4, 0.5) is 11.4 Å². The van der Waals surface area contributed by atoms with Crippen LogP contribution in [0.1, 0.15) is 24.1 Å². The number of rotatable bonds is 10. The minimum Gasteiger partial charge on any atom is -0.495 e. The van der Waals surface area contributed by atoms with Gasteiger partial charge in [-0.25, -0.2) is 0 Å². The first-order valence-electron chi connectivity index (χ1n) is 10.6. The molecular weight excluding hydrogens is 432 g/mol. The highest BCUT2D eigenvalue weighted by Gasteiger charge is 2.25. The number of likely N-dealkylation sites (tertiary alicyclic amines) is 1. The minimum absolute atomic E-state index is 0.0116. The van der Waals surface area contributed by atoms with E-state index in [2.05, 4.69) is 21.6 Å². The maximum atomic E-state index is 12.4. The molecule has 0 aliphatic carbocycles. The number of nitrogens with zero attached hydrogens (tertiary/aromatic N) is 2. The van der Waals surface area contributed by atoms with Crippen LogP contribution in [0, 0.1) is 16.0 Å². The standard InChI is InChI=1S/C22H28N4O5S/c1-31-20-5-4-17(26(29)30)15-19(20)24-21(27)9-13-25-11-7-16(8-12-25)22(28)23-10-6-18-3-2-14-32-18/h2-5,14-16H,6-13H2,1H3,(H,23,28)(H,24,27). The van der Waals surface area contributed by atoms with Gasteiger partial charge in [0.05, 0.1) is 17.7 Å². The zero-order chi connectivity index (χ0) is 22.9. The maximum Gasteiger partial charge on any atom is 0.271 e. The quantitative estimate of drug-likeness (QED) is 0.416. The number of piperidine rings is 1. The fourth-order valence-electron chi connectivity index (χ4n) is 3.71. The lowest BCUT2D eigenvalue weighted by atomic mass is 9.95. The van der Waals surface area contributed by atoms with Crippen molar-refractivity contribution in [2.24, 2.45) is 5.92 Å². The maximum absolute atomic E-state index is 12.4. The number of non-ortho nitro benzene ring substituents is 1. The summed E-state index contributed by atoms with van der Waals surface area (Å²) in [5.41, 5.74) is 0.168. The van der Waals surface area contributed by atoms with E-state index in [0.717, 1.165) is 32.4 Å². The molecule has 0 spiro atoms. The second-order valence-electron chi connectivity index (χ2n) is 7.68. The van der Waals surface area contributed by atoms with Crippen molar-refractivity contribution in [3.63, 3.8) is 0 Å². The molecule has 2 aromatic rings. The highest BCUT2D eigenvalue weighted by molar-refractivity contribution is 7.09. The summed E-state index contributed by atoms with van der Waals surface area (Å²) in [5, 5.41) is 18.7. The van der Waals surface area contributed by atoms with Gasteiger partial charge < -0.3 is 20.3 Å². The minimum atomic E-state index is -0.516. The molecule has 2 heterocycles. The van der Waals surface area contributed by atoms with E-state index in [1.54, 1.807) is 11.3 Å². The highest BCUT2D eigenvalue weighted by Crippen LogP contribution is 2.29. The van der Waals surface area contributed by atoms with Crippen molar-refractivity contribution in [3.8, 4) is 5.75 Å². The lowest BCUT2D eigenvalue weighted by Gasteiger charge is -2.31. The third-order valence-electron chi connectivity index (χ3n) is 5.53. The number of amides is 2. The normalized spacial score (nSPS) is 14.7. The number of benzene rings is 1. The fourth-order valence-corrected chi connectivity index (χ4v) is 4.42. The summed E-state index contributed by atoms with van der Waals surface area (Å²) < 4.78 is 5.17. The van der Waals surface area contributed by atoms with E-state index in [-0.39, 0.29) is 35.5 Å². The van der Waals surface area contributed by atoms with Crippen molar-refractivity contribution < 1.29 is 19.2 Å². The van der Waals surface area contributed by atoms with E-state index in [1.807, 2.05) is 11.4 Å². The number of thiophene rings is 1. The first-order valence-corrected chi connectivity index (χ1v) is 11.5. The molecule has 2 amide bonds. The summed E-state index contributed by atoms with van der Waals surface area (Å²) in [7, 11) is 1.44. The average molecular weight is 461 g/mol. The van der Waals surface area contributed by atoms with Crippen molar-refractivity contribution in [2.75, 3.05) is 38.6 Å². The van der Waals surface area contributed by atoms with Crippen LogP contribution in [0.25, 0.3) is 0 Å². The second-order valence-corrected chi connectivity index (χ2v) is 8.71. The fraction of sp³-hybridized carbons (Fsp3) is 0.455. The summed E-state index contributed by atoms with van der Waals surface area (Å²) in [6, 6.07) is 8.17. The first kappa shape index (κ1) is 23.7. The average Bonchev–Trinajstić information content (AvgIpc) is 3.31. The predicted octanol–water partition coefficient (Wildman–Crippen LogP) is 3.06. The van der Waals surface area contributed by atoms with Crippen LogP contribution >= 0.6 is 11.3 Å². The molecule has 32 heavy (non-hydrogen) atoms. The summed E-state index contributed by atoms with van der Waals surface area (Å²) in [6.07, 6.45) is 2.65. The van der Waals surface area contributed by atoms with Gasteiger partial charge in [-0.15, -0.1) is 11.3 Å². The van der Waals surface area contributed by atoms with Crippen molar-refractivity contribution in [1.82, 2.24) is 10.2 Å². The Morgan fingerprint density at radius 2 is 2.06 bits per heavy atom. The Balaban J connectivity index is 1.38. The monoisotopic (exact) mass is 460 g/mol. The number of nitrogens with one attached hydrogen (secondary N) is 2. The highest BCUT2D eigenvalue weighted by atomic mass is 32.1. The molecule has 1 aromatic heterocycles. The largest absolute Gasteiger partial charge is 0.495 e. The number of nitro benzene ring substituents is 1. The van der Waals surface area contributed by atoms with Gasteiger partial charge in [0.2, 0.25) is 11.8 Å². The number of hydrogen-bond acceptors (Lipinski definition) is 7. The van der Waals surface area contributed by atoms with E-state index >= 15 is 0 Å². The summed E-state index contributed by atoms with van der Waals surface area (Å²) >= 11 is 1.69. The Hall–Kier alpha value is -2.98. The van der Waals surface area contributed by atoms with Gasteiger partial charge in [0.15, 0.2) is 0 Å². The first-order chi connectivity index (χ1) is 15.5. The van der Waals surface area contributed by atoms with E-state index in [4.69, 9.17) is 4.74 Å². The predicted molar refractivity (Wildman–Crippen MR) is 123 cm³/mol.